The number of anilines is 2. The Balaban J connectivity index is 1.42. The molecule has 0 saturated carbocycles. The number of carbonyl (C=O) groups excluding carboxylic acids is 1. The first kappa shape index (κ1) is 21.9. The van der Waals surface area contributed by atoms with Crippen LogP contribution in [0.3, 0.4) is 0 Å². The zero-order valence-corrected chi connectivity index (χ0v) is 17.3. The van der Waals surface area contributed by atoms with E-state index in [0.717, 1.165) is 6.07 Å². The number of alkyl halides is 3. The third-order valence-corrected chi connectivity index (χ3v) is 4.49. The van der Waals surface area contributed by atoms with Crippen molar-refractivity contribution in [1.82, 2.24) is 14.5 Å². The standard InChI is InChI=1S/C23H18F3N5O2/c1-15-27-20(31-12-4-5-13-31)14-21(28-15)33-17-10-8-16(9-11-17)29-22(32)30-19-7-3-2-6-18(19)23(24,25)26/h2-14H,1H3,(H2,29,30,32). The molecule has 2 aromatic heterocycles. The van der Waals surface area contributed by atoms with Gasteiger partial charge in [-0.15, -0.1) is 0 Å². The number of ether oxygens (including phenoxy) is 1. The van der Waals surface area contributed by atoms with E-state index in [1.165, 1.54) is 18.2 Å². The highest BCUT2D eigenvalue weighted by Gasteiger charge is 2.33. The van der Waals surface area contributed by atoms with E-state index in [1.807, 2.05) is 29.1 Å². The fourth-order valence-electron chi connectivity index (χ4n) is 3.05. The fraction of sp³-hybridized carbons (Fsp3) is 0.0870. The molecule has 10 heteroatoms. The quantitative estimate of drug-likeness (QED) is 0.387. The summed E-state index contributed by atoms with van der Waals surface area (Å²) in [6.45, 7) is 1.75. The molecule has 168 valence electrons. The second kappa shape index (κ2) is 9.03. The highest BCUT2D eigenvalue weighted by molar-refractivity contribution is 6.00. The van der Waals surface area contributed by atoms with Crippen LogP contribution in [0.25, 0.3) is 5.82 Å². The topological polar surface area (TPSA) is 81.1 Å². The molecule has 2 heterocycles. The first-order valence-electron chi connectivity index (χ1n) is 9.79. The third kappa shape index (κ3) is 5.48. The first-order valence-corrected chi connectivity index (χ1v) is 9.79. The molecular formula is C23H18F3N5O2. The van der Waals surface area contributed by atoms with Gasteiger partial charge in [0.1, 0.15) is 17.4 Å². The number of rotatable bonds is 5. The summed E-state index contributed by atoms with van der Waals surface area (Å²) in [4.78, 5) is 20.8. The summed E-state index contributed by atoms with van der Waals surface area (Å²) in [7, 11) is 0. The van der Waals surface area contributed by atoms with Gasteiger partial charge in [0.2, 0.25) is 5.88 Å². The monoisotopic (exact) mass is 453 g/mol. The Kier molecular flexibility index (Phi) is 5.99. The molecule has 7 nitrogen and oxygen atoms in total. The van der Waals surface area contributed by atoms with Crippen molar-refractivity contribution < 1.29 is 22.7 Å². The smallest absolute Gasteiger partial charge is 0.418 e. The summed E-state index contributed by atoms with van der Waals surface area (Å²) >= 11 is 0. The largest absolute Gasteiger partial charge is 0.439 e. The molecule has 0 radical (unpaired) electrons. The van der Waals surface area contributed by atoms with Crippen molar-refractivity contribution in [2.75, 3.05) is 10.6 Å². The van der Waals surface area contributed by atoms with Gasteiger partial charge in [-0.2, -0.15) is 18.2 Å². The Morgan fingerprint density at radius 3 is 2.33 bits per heavy atom. The van der Waals surface area contributed by atoms with E-state index in [-0.39, 0.29) is 5.69 Å². The lowest BCUT2D eigenvalue weighted by Gasteiger charge is -2.14. The van der Waals surface area contributed by atoms with Crippen LogP contribution >= 0.6 is 0 Å². The van der Waals surface area contributed by atoms with Crippen LogP contribution in [0.15, 0.2) is 79.1 Å². The second-order valence-electron chi connectivity index (χ2n) is 6.95. The highest BCUT2D eigenvalue weighted by Crippen LogP contribution is 2.34. The molecule has 2 aromatic carbocycles. The number of aryl methyl sites for hydroxylation is 1. The van der Waals surface area contributed by atoms with Crippen molar-refractivity contribution in [3.63, 3.8) is 0 Å². The lowest BCUT2D eigenvalue weighted by atomic mass is 10.1. The van der Waals surface area contributed by atoms with Gasteiger partial charge >= 0.3 is 12.2 Å². The Morgan fingerprint density at radius 2 is 1.64 bits per heavy atom. The number of halogens is 3. The zero-order chi connectivity index (χ0) is 23.4. The maximum Gasteiger partial charge on any atom is 0.418 e. The van der Waals surface area contributed by atoms with E-state index in [0.29, 0.717) is 29.0 Å². The Bertz CT molecular complexity index is 1260. The van der Waals surface area contributed by atoms with Crippen LogP contribution in [-0.4, -0.2) is 20.6 Å². The highest BCUT2D eigenvalue weighted by atomic mass is 19.4. The van der Waals surface area contributed by atoms with Gasteiger partial charge in [-0.05, 0) is 55.5 Å². The number of hydrogen-bond donors (Lipinski definition) is 2. The molecule has 4 rings (SSSR count). The SMILES string of the molecule is Cc1nc(Oc2ccc(NC(=O)Nc3ccccc3C(F)(F)F)cc2)cc(-n2cccc2)n1. The molecule has 4 aromatic rings. The molecule has 33 heavy (non-hydrogen) atoms. The number of amides is 2. The van der Waals surface area contributed by atoms with Crippen LogP contribution in [0.1, 0.15) is 11.4 Å². The van der Waals surface area contributed by atoms with Gasteiger partial charge in [-0.25, -0.2) is 9.78 Å². The molecule has 2 N–H and O–H groups in total. The summed E-state index contributed by atoms with van der Waals surface area (Å²) in [6, 6.07) is 15.7. The average molecular weight is 453 g/mol. The van der Waals surface area contributed by atoms with E-state index < -0.39 is 17.8 Å². The molecule has 0 fully saturated rings. The third-order valence-electron chi connectivity index (χ3n) is 4.49. The Hall–Kier alpha value is -4.34. The van der Waals surface area contributed by atoms with Crippen molar-refractivity contribution in [2.24, 2.45) is 0 Å². The van der Waals surface area contributed by atoms with Crippen molar-refractivity contribution in [3.8, 4) is 17.4 Å². The van der Waals surface area contributed by atoms with Gasteiger partial charge in [0.05, 0.1) is 11.3 Å². The van der Waals surface area contributed by atoms with E-state index in [2.05, 4.69) is 20.6 Å². The van der Waals surface area contributed by atoms with Gasteiger partial charge < -0.3 is 19.9 Å². The van der Waals surface area contributed by atoms with E-state index in [9.17, 15) is 18.0 Å². The number of carbonyl (C=O) groups is 1. The van der Waals surface area contributed by atoms with Crippen molar-refractivity contribution in [3.05, 3.63) is 90.5 Å². The lowest BCUT2D eigenvalue weighted by Crippen LogP contribution is -2.21. The van der Waals surface area contributed by atoms with Crippen LogP contribution in [0.4, 0.5) is 29.3 Å². The molecule has 0 aliphatic heterocycles. The summed E-state index contributed by atoms with van der Waals surface area (Å²) in [5.74, 6) is 1.98. The summed E-state index contributed by atoms with van der Waals surface area (Å²) in [5, 5.41) is 4.72. The van der Waals surface area contributed by atoms with Crippen LogP contribution < -0.4 is 15.4 Å². The predicted molar refractivity (Wildman–Crippen MR) is 117 cm³/mol. The van der Waals surface area contributed by atoms with Crippen LogP contribution in [0, 0.1) is 6.92 Å². The molecular weight excluding hydrogens is 435 g/mol. The van der Waals surface area contributed by atoms with Crippen LogP contribution in [-0.2, 0) is 6.18 Å². The van der Waals surface area contributed by atoms with Crippen molar-refractivity contribution in [2.45, 2.75) is 13.1 Å². The number of hydrogen-bond acceptors (Lipinski definition) is 4. The van der Waals surface area contributed by atoms with Gasteiger partial charge in [0.15, 0.2) is 0 Å². The van der Waals surface area contributed by atoms with E-state index in [4.69, 9.17) is 4.74 Å². The fourth-order valence-corrected chi connectivity index (χ4v) is 3.05. The molecule has 0 atom stereocenters. The van der Waals surface area contributed by atoms with Crippen LogP contribution in [0.2, 0.25) is 0 Å². The zero-order valence-electron chi connectivity index (χ0n) is 17.3. The molecule has 0 saturated heterocycles. The predicted octanol–water partition coefficient (Wildman–Crippen LogP) is 6.03. The van der Waals surface area contributed by atoms with Gasteiger partial charge in [-0.1, -0.05) is 12.1 Å². The van der Waals surface area contributed by atoms with Crippen LogP contribution in [0.5, 0.6) is 11.6 Å². The minimum absolute atomic E-state index is 0.333. The Labute approximate surface area is 186 Å². The number of nitrogens with one attached hydrogen (secondary N) is 2. The van der Waals surface area contributed by atoms with Gasteiger partial charge in [0.25, 0.3) is 0 Å². The number of para-hydroxylation sites is 1. The number of benzene rings is 2. The first-order chi connectivity index (χ1) is 15.8. The molecule has 0 unspecified atom stereocenters. The lowest BCUT2D eigenvalue weighted by molar-refractivity contribution is -0.136. The van der Waals surface area contributed by atoms with Crippen molar-refractivity contribution in [1.29, 1.82) is 0 Å². The van der Waals surface area contributed by atoms with E-state index in [1.54, 1.807) is 37.3 Å². The summed E-state index contributed by atoms with van der Waals surface area (Å²) in [6.07, 6.45) is -0.877. The van der Waals surface area contributed by atoms with Gasteiger partial charge in [-0.3, -0.25) is 0 Å². The summed E-state index contributed by atoms with van der Waals surface area (Å²) < 4.78 is 46.9. The maximum atomic E-state index is 13.1. The number of nitrogens with zero attached hydrogens (tertiary/aromatic N) is 3. The Morgan fingerprint density at radius 1 is 0.939 bits per heavy atom. The van der Waals surface area contributed by atoms with Crippen molar-refractivity contribution >= 4 is 17.4 Å². The molecule has 2 amide bonds. The molecule has 0 spiro atoms. The van der Waals surface area contributed by atoms with E-state index >= 15 is 0 Å². The van der Waals surface area contributed by atoms with Gasteiger partial charge in [0, 0.05) is 24.1 Å². The summed E-state index contributed by atoms with van der Waals surface area (Å²) in [5.41, 5.74) is -0.889. The maximum absolute atomic E-state index is 13.1. The minimum atomic E-state index is -4.58. The number of aromatic nitrogens is 3. The minimum Gasteiger partial charge on any atom is -0.439 e. The molecule has 0 aliphatic rings. The number of urea groups is 1. The molecule has 0 aliphatic carbocycles. The average Bonchev–Trinajstić information content (AvgIpc) is 3.29. The second-order valence-corrected chi connectivity index (χ2v) is 6.95. The normalized spacial score (nSPS) is 11.2. The molecule has 0 bridgehead atoms.